The Morgan fingerprint density at radius 1 is 1.06 bits per heavy atom. The number of benzene rings is 1. The van der Waals surface area contributed by atoms with Crippen molar-refractivity contribution < 1.29 is 14.3 Å². The van der Waals surface area contributed by atoms with Crippen molar-refractivity contribution in [2.75, 3.05) is 18.4 Å². The molecule has 0 atom stereocenters. The van der Waals surface area contributed by atoms with Crippen LogP contribution in [0.1, 0.15) is 92.6 Å². The third-order valence-electron chi connectivity index (χ3n) is 7.69. The van der Waals surface area contributed by atoms with Crippen LogP contribution in [0.3, 0.4) is 0 Å². The molecule has 1 aliphatic carbocycles. The monoisotopic (exact) mass is 499 g/mol. The van der Waals surface area contributed by atoms with Gasteiger partial charge in [-0.3, -0.25) is 4.79 Å². The Kier molecular flexibility index (Phi) is 9.34. The summed E-state index contributed by atoms with van der Waals surface area (Å²) in [7, 11) is 0. The van der Waals surface area contributed by atoms with E-state index in [2.05, 4.69) is 67.5 Å². The van der Waals surface area contributed by atoms with Gasteiger partial charge in [0.15, 0.2) is 0 Å². The van der Waals surface area contributed by atoms with E-state index in [4.69, 9.17) is 4.74 Å². The number of hydrogen-bond acceptors (Lipinski definition) is 4. The first-order valence-corrected chi connectivity index (χ1v) is 14.0. The van der Waals surface area contributed by atoms with E-state index in [1.54, 1.807) is 0 Å². The Morgan fingerprint density at radius 2 is 1.69 bits per heavy atom. The lowest BCUT2D eigenvalue weighted by atomic mass is 9.77. The highest BCUT2D eigenvalue weighted by Crippen LogP contribution is 2.36. The summed E-state index contributed by atoms with van der Waals surface area (Å²) in [6.45, 7) is 16.3. The summed E-state index contributed by atoms with van der Waals surface area (Å²) in [6, 6.07) is 8.54. The van der Waals surface area contributed by atoms with E-state index >= 15 is 0 Å². The topological polar surface area (TPSA) is 70.7 Å². The average molecular weight is 500 g/mol. The number of likely N-dealkylation sites (tertiary alicyclic amines) is 1. The minimum Gasteiger partial charge on any atom is -0.444 e. The largest absolute Gasteiger partial charge is 0.444 e. The fourth-order valence-corrected chi connectivity index (χ4v) is 5.72. The molecule has 6 heteroatoms. The highest BCUT2D eigenvalue weighted by Gasteiger charge is 2.45. The van der Waals surface area contributed by atoms with Gasteiger partial charge < -0.3 is 20.3 Å². The molecule has 1 aromatic carbocycles. The van der Waals surface area contributed by atoms with E-state index < -0.39 is 11.1 Å². The Bertz CT molecular complexity index is 874. The summed E-state index contributed by atoms with van der Waals surface area (Å²) in [4.78, 5) is 28.5. The van der Waals surface area contributed by atoms with Crippen LogP contribution in [-0.4, -0.2) is 47.2 Å². The first kappa shape index (κ1) is 28.3. The van der Waals surface area contributed by atoms with Gasteiger partial charge in [-0.2, -0.15) is 0 Å². The summed E-state index contributed by atoms with van der Waals surface area (Å²) in [5, 5.41) is 6.75. The van der Waals surface area contributed by atoms with Crippen LogP contribution < -0.4 is 10.6 Å². The van der Waals surface area contributed by atoms with Crippen molar-refractivity contribution in [3.8, 4) is 0 Å². The molecule has 1 saturated heterocycles. The number of nitrogens with one attached hydrogen (secondary N) is 2. The Hall–Kier alpha value is -2.24. The van der Waals surface area contributed by atoms with E-state index in [0.29, 0.717) is 30.6 Å². The predicted octanol–water partition coefficient (Wildman–Crippen LogP) is 6.40. The molecule has 0 aromatic heterocycles. The normalized spacial score (nSPS) is 23.6. The summed E-state index contributed by atoms with van der Waals surface area (Å²) in [6.07, 6.45) is 5.64. The summed E-state index contributed by atoms with van der Waals surface area (Å²) >= 11 is 0. The van der Waals surface area contributed by atoms with Crippen molar-refractivity contribution in [2.24, 2.45) is 17.8 Å². The van der Waals surface area contributed by atoms with E-state index in [9.17, 15) is 9.59 Å². The van der Waals surface area contributed by atoms with Crippen molar-refractivity contribution in [2.45, 2.75) is 111 Å². The number of alkyl carbamates (subject to hydrolysis) is 1. The quantitative estimate of drug-likeness (QED) is 0.455. The first-order valence-electron chi connectivity index (χ1n) is 14.0. The number of amides is 2. The smallest absolute Gasteiger partial charge is 0.407 e. The molecule has 0 spiro atoms. The summed E-state index contributed by atoms with van der Waals surface area (Å²) < 4.78 is 5.46. The van der Waals surface area contributed by atoms with Crippen LogP contribution in [0.15, 0.2) is 24.3 Å². The molecule has 2 N–H and O–H groups in total. The number of carbonyl (C=O) groups excluding carboxylic acids is 2. The number of carbonyl (C=O) groups is 2. The lowest BCUT2D eigenvalue weighted by Gasteiger charge is -2.45. The molecule has 6 nitrogen and oxygen atoms in total. The third-order valence-corrected chi connectivity index (χ3v) is 7.69. The van der Waals surface area contributed by atoms with E-state index in [-0.39, 0.29) is 18.0 Å². The highest BCUT2D eigenvalue weighted by molar-refractivity contribution is 5.90. The van der Waals surface area contributed by atoms with Crippen LogP contribution in [-0.2, 0) is 16.0 Å². The van der Waals surface area contributed by atoms with Gasteiger partial charge in [-0.15, -0.1) is 0 Å². The maximum absolute atomic E-state index is 14.1. The second-order valence-corrected chi connectivity index (χ2v) is 12.8. The zero-order valence-electron chi connectivity index (χ0n) is 23.7. The molecule has 3 rings (SSSR count). The first-order chi connectivity index (χ1) is 16.9. The fraction of sp³-hybridized carbons (Fsp3) is 0.733. The van der Waals surface area contributed by atoms with E-state index in [1.807, 2.05) is 20.8 Å². The molecule has 2 fully saturated rings. The number of ether oxygens (including phenoxy) is 1. The SMILES string of the molecule is CC(C)Cc1cccc(NC2(C(=O)N3CCC(C(C)C)CC3)CCC(NC(=O)OC(C)(C)C)CC2)c1. The molecule has 36 heavy (non-hydrogen) atoms. The molecule has 1 aromatic rings. The van der Waals surface area contributed by atoms with E-state index in [0.717, 1.165) is 50.9 Å². The van der Waals surface area contributed by atoms with Crippen LogP contribution in [0.25, 0.3) is 0 Å². The van der Waals surface area contributed by atoms with Gasteiger partial charge in [0.1, 0.15) is 11.1 Å². The van der Waals surface area contributed by atoms with Crippen LogP contribution in [0.2, 0.25) is 0 Å². The van der Waals surface area contributed by atoms with Crippen LogP contribution in [0.4, 0.5) is 10.5 Å². The van der Waals surface area contributed by atoms with Gasteiger partial charge in [-0.1, -0.05) is 39.8 Å². The second-order valence-electron chi connectivity index (χ2n) is 12.8. The Labute approximate surface area is 218 Å². The lowest BCUT2D eigenvalue weighted by Crippen LogP contribution is -2.59. The minimum atomic E-state index is -0.646. The second kappa shape index (κ2) is 11.9. The fourth-order valence-electron chi connectivity index (χ4n) is 5.72. The van der Waals surface area contributed by atoms with Gasteiger partial charge in [0.2, 0.25) is 5.91 Å². The molecule has 2 amide bonds. The zero-order chi connectivity index (χ0) is 26.5. The van der Waals surface area contributed by atoms with Crippen LogP contribution in [0, 0.1) is 17.8 Å². The van der Waals surface area contributed by atoms with Crippen molar-refractivity contribution in [1.82, 2.24) is 10.2 Å². The molecule has 0 bridgehead atoms. The van der Waals surface area contributed by atoms with Gasteiger partial charge in [0.05, 0.1) is 0 Å². The number of nitrogens with zero attached hydrogens (tertiary/aromatic N) is 1. The molecule has 202 valence electrons. The molecule has 0 radical (unpaired) electrons. The van der Waals surface area contributed by atoms with Gasteiger partial charge in [-0.25, -0.2) is 4.79 Å². The average Bonchev–Trinajstić information content (AvgIpc) is 2.78. The van der Waals surface area contributed by atoms with Gasteiger partial charge in [-0.05, 0) is 101 Å². The molecule has 1 heterocycles. The summed E-state index contributed by atoms with van der Waals surface area (Å²) in [5.74, 6) is 2.15. The predicted molar refractivity (Wildman–Crippen MR) is 147 cm³/mol. The molecule has 1 aliphatic heterocycles. The molecular weight excluding hydrogens is 450 g/mol. The lowest BCUT2D eigenvalue weighted by molar-refractivity contribution is -0.139. The Balaban J connectivity index is 1.75. The molecule has 2 aliphatic rings. The summed E-state index contributed by atoms with van der Waals surface area (Å²) in [5.41, 5.74) is 1.13. The van der Waals surface area contributed by atoms with E-state index in [1.165, 1.54) is 5.56 Å². The van der Waals surface area contributed by atoms with Crippen molar-refractivity contribution in [3.63, 3.8) is 0 Å². The van der Waals surface area contributed by atoms with Crippen LogP contribution >= 0.6 is 0 Å². The highest BCUT2D eigenvalue weighted by atomic mass is 16.6. The Morgan fingerprint density at radius 3 is 2.25 bits per heavy atom. The van der Waals surface area contributed by atoms with Crippen molar-refractivity contribution in [3.05, 3.63) is 29.8 Å². The minimum absolute atomic E-state index is 0.0153. The number of anilines is 1. The van der Waals surface area contributed by atoms with Crippen LogP contribution in [0.5, 0.6) is 0 Å². The van der Waals surface area contributed by atoms with Crippen molar-refractivity contribution >= 4 is 17.7 Å². The van der Waals surface area contributed by atoms with Crippen molar-refractivity contribution in [1.29, 1.82) is 0 Å². The van der Waals surface area contributed by atoms with Gasteiger partial charge in [0.25, 0.3) is 0 Å². The van der Waals surface area contributed by atoms with Gasteiger partial charge in [0, 0.05) is 24.8 Å². The molecular formula is C30H49N3O3. The zero-order valence-corrected chi connectivity index (χ0v) is 23.7. The number of hydrogen-bond donors (Lipinski definition) is 2. The molecule has 1 saturated carbocycles. The number of rotatable bonds is 7. The third kappa shape index (κ3) is 7.88. The maximum Gasteiger partial charge on any atom is 0.407 e. The standard InChI is InChI=1S/C30H49N3O3/c1-21(2)19-23-9-8-10-26(20-23)32-30(27(34)33-17-13-24(14-18-33)22(3)4)15-11-25(12-16-30)31-28(35)36-29(5,6)7/h8-10,20-22,24-25,32H,11-19H2,1-7H3,(H,31,35). The number of piperidine rings is 1. The van der Waals surface area contributed by atoms with Gasteiger partial charge >= 0.3 is 6.09 Å². The maximum atomic E-state index is 14.1. The molecule has 0 unspecified atom stereocenters.